The van der Waals surface area contributed by atoms with Crippen molar-refractivity contribution in [1.29, 1.82) is 0 Å². The van der Waals surface area contributed by atoms with Gasteiger partial charge in [-0.3, -0.25) is 4.79 Å². The molecule has 2 aliphatic rings. The molecule has 0 radical (unpaired) electrons. The van der Waals surface area contributed by atoms with Crippen molar-refractivity contribution in [2.45, 2.75) is 48.3 Å². The van der Waals surface area contributed by atoms with E-state index in [1.54, 1.807) is 0 Å². The van der Waals surface area contributed by atoms with Gasteiger partial charge in [0, 0.05) is 11.2 Å². The van der Waals surface area contributed by atoms with Crippen LogP contribution in [0.4, 0.5) is 13.2 Å². The zero-order chi connectivity index (χ0) is 15.0. The van der Waals surface area contributed by atoms with Gasteiger partial charge in [0.15, 0.2) is 0 Å². The molecule has 2 fully saturated rings. The van der Waals surface area contributed by atoms with Gasteiger partial charge in [-0.05, 0) is 24.3 Å². The third-order valence-electron chi connectivity index (χ3n) is 4.58. The highest BCUT2D eigenvalue weighted by Crippen LogP contribution is 2.55. The Labute approximate surface area is 126 Å². The second kappa shape index (κ2) is 5.67. The Morgan fingerprint density at radius 1 is 1.10 bits per heavy atom. The molecule has 0 bridgehead atoms. The number of benzene rings is 1. The van der Waals surface area contributed by atoms with Crippen molar-refractivity contribution in [2.24, 2.45) is 5.92 Å². The molecule has 1 aliphatic heterocycles. The first-order valence-electron chi connectivity index (χ1n) is 7.30. The van der Waals surface area contributed by atoms with Gasteiger partial charge in [0.1, 0.15) is 0 Å². The van der Waals surface area contributed by atoms with Gasteiger partial charge in [0.25, 0.3) is 0 Å². The monoisotopic (exact) mass is 314 g/mol. The van der Waals surface area contributed by atoms with Gasteiger partial charge in [-0.25, -0.2) is 0 Å². The zero-order valence-electron chi connectivity index (χ0n) is 11.5. The van der Waals surface area contributed by atoms with Crippen LogP contribution in [-0.2, 0) is 4.79 Å². The first kappa shape index (κ1) is 14.9. The molecular weight excluding hydrogens is 297 g/mol. The van der Waals surface area contributed by atoms with Crippen molar-refractivity contribution < 1.29 is 18.0 Å². The van der Waals surface area contributed by atoms with E-state index in [-0.39, 0.29) is 17.1 Å². The van der Waals surface area contributed by atoms with E-state index < -0.39 is 17.2 Å². The molecule has 0 spiro atoms. The van der Waals surface area contributed by atoms with Crippen molar-refractivity contribution in [1.82, 2.24) is 0 Å². The topological polar surface area (TPSA) is 17.1 Å². The fraction of sp³-hybridized carbons (Fsp3) is 0.562. The Morgan fingerprint density at radius 3 is 2.43 bits per heavy atom. The first-order chi connectivity index (χ1) is 9.98. The highest BCUT2D eigenvalue weighted by atomic mass is 32.2. The fourth-order valence-corrected chi connectivity index (χ4v) is 5.66. The number of carbonyl (C=O) groups is 1. The minimum Gasteiger partial charge on any atom is -0.288 e. The molecule has 3 rings (SSSR count). The predicted molar refractivity (Wildman–Crippen MR) is 77.4 cm³/mol. The molecule has 1 saturated heterocycles. The quantitative estimate of drug-likeness (QED) is 0.795. The van der Waals surface area contributed by atoms with Crippen LogP contribution in [0.5, 0.6) is 0 Å². The molecule has 5 heteroatoms. The Hall–Kier alpha value is -0.970. The standard InChI is InChI=1S/C16H17F3OS/c17-16(18,19)15(20)14-13(10-6-2-1-3-7-10)11-8-4-5-9-12(11)21-14/h1-3,6-7,11-14H,4-5,8-9H2. The van der Waals surface area contributed by atoms with Crippen molar-refractivity contribution in [3.63, 3.8) is 0 Å². The summed E-state index contributed by atoms with van der Waals surface area (Å²) in [4.78, 5) is 11.8. The minimum atomic E-state index is -4.74. The lowest BCUT2D eigenvalue weighted by Crippen LogP contribution is -2.35. The largest absolute Gasteiger partial charge is 0.451 e. The maximum atomic E-state index is 12.9. The van der Waals surface area contributed by atoms with E-state index in [0.29, 0.717) is 0 Å². The number of fused-ring (bicyclic) bond motifs is 1. The van der Waals surface area contributed by atoms with Gasteiger partial charge in [-0.2, -0.15) is 13.2 Å². The maximum Gasteiger partial charge on any atom is 0.451 e. The average molecular weight is 314 g/mol. The number of hydrogen-bond donors (Lipinski definition) is 0. The van der Waals surface area contributed by atoms with Crippen LogP contribution in [0.15, 0.2) is 30.3 Å². The SMILES string of the molecule is O=C(C1SC2CCCCC2C1c1ccccc1)C(F)(F)F. The maximum absolute atomic E-state index is 12.9. The second-order valence-corrected chi connectivity index (χ2v) is 7.23. The van der Waals surface area contributed by atoms with Crippen LogP contribution in [0.25, 0.3) is 0 Å². The molecular formula is C16H17F3OS. The van der Waals surface area contributed by atoms with E-state index in [4.69, 9.17) is 0 Å². The summed E-state index contributed by atoms with van der Waals surface area (Å²) < 4.78 is 38.7. The highest BCUT2D eigenvalue weighted by molar-refractivity contribution is 8.01. The lowest BCUT2D eigenvalue weighted by atomic mass is 9.74. The second-order valence-electron chi connectivity index (χ2n) is 5.84. The molecule has 114 valence electrons. The van der Waals surface area contributed by atoms with Gasteiger partial charge in [-0.15, -0.1) is 11.8 Å². The molecule has 1 aliphatic carbocycles. The molecule has 1 aromatic carbocycles. The summed E-state index contributed by atoms with van der Waals surface area (Å²) in [5.74, 6) is -1.66. The fourth-order valence-electron chi connectivity index (χ4n) is 3.69. The lowest BCUT2D eigenvalue weighted by Gasteiger charge is -2.29. The summed E-state index contributed by atoms with van der Waals surface area (Å²) in [6, 6.07) is 9.25. The molecule has 4 atom stereocenters. The van der Waals surface area contributed by atoms with Crippen LogP contribution in [0.1, 0.15) is 37.2 Å². The van der Waals surface area contributed by atoms with E-state index in [1.165, 1.54) is 11.8 Å². The summed E-state index contributed by atoms with van der Waals surface area (Å²) in [6.07, 6.45) is -0.766. The molecule has 1 nitrogen and oxygen atoms in total. The minimum absolute atomic E-state index is 0.195. The van der Waals surface area contributed by atoms with E-state index in [0.717, 1.165) is 31.2 Å². The molecule has 4 unspecified atom stereocenters. The summed E-state index contributed by atoms with van der Waals surface area (Å²) in [7, 11) is 0. The Morgan fingerprint density at radius 2 is 1.76 bits per heavy atom. The smallest absolute Gasteiger partial charge is 0.288 e. The summed E-state index contributed by atoms with van der Waals surface area (Å²) >= 11 is 1.26. The van der Waals surface area contributed by atoms with Crippen molar-refractivity contribution in [3.05, 3.63) is 35.9 Å². The Balaban J connectivity index is 1.95. The molecule has 0 aromatic heterocycles. The van der Waals surface area contributed by atoms with Crippen LogP contribution in [0, 0.1) is 5.92 Å². The average Bonchev–Trinajstić information content (AvgIpc) is 2.85. The van der Waals surface area contributed by atoms with Gasteiger partial charge in [0.05, 0.1) is 5.25 Å². The number of rotatable bonds is 2. The first-order valence-corrected chi connectivity index (χ1v) is 8.24. The summed E-state index contributed by atoms with van der Waals surface area (Å²) in [5.41, 5.74) is 0.877. The molecule has 1 heterocycles. The number of carbonyl (C=O) groups excluding carboxylic acids is 1. The molecule has 1 saturated carbocycles. The number of ketones is 1. The van der Waals surface area contributed by atoms with Crippen molar-refractivity contribution in [3.8, 4) is 0 Å². The van der Waals surface area contributed by atoms with Gasteiger partial charge >= 0.3 is 6.18 Å². The number of thioether (sulfide) groups is 1. The number of alkyl halides is 3. The highest BCUT2D eigenvalue weighted by Gasteiger charge is 2.54. The van der Waals surface area contributed by atoms with Gasteiger partial charge < -0.3 is 0 Å². The van der Waals surface area contributed by atoms with E-state index >= 15 is 0 Å². The number of hydrogen-bond acceptors (Lipinski definition) is 2. The normalized spacial score (nSPS) is 32.7. The van der Waals surface area contributed by atoms with Crippen LogP contribution in [-0.4, -0.2) is 22.5 Å². The number of halogens is 3. The summed E-state index contributed by atoms with van der Waals surface area (Å²) in [5, 5.41) is -0.777. The van der Waals surface area contributed by atoms with E-state index in [2.05, 4.69) is 0 Å². The van der Waals surface area contributed by atoms with Crippen LogP contribution in [0.3, 0.4) is 0 Å². The lowest BCUT2D eigenvalue weighted by molar-refractivity contribution is -0.170. The van der Waals surface area contributed by atoms with E-state index in [1.807, 2.05) is 30.3 Å². The molecule has 21 heavy (non-hydrogen) atoms. The molecule has 1 aromatic rings. The molecule has 0 amide bonds. The number of Topliss-reactive ketones (excluding diaryl/α,β-unsaturated/α-hetero) is 1. The summed E-state index contributed by atoms with van der Waals surface area (Å²) in [6.45, 7) is 0. The van der Waals surface area contributed by atoms with Gasteiger partial charge in [-0.1, -0.05) is 43.2 Å². The van der Waals surface area contributed by atoms with E-state index in [9.17, 15) is 18.0 Å². The molecule has 0 N–H and O–H groups in total. The third-order valence-corrected chi connectivity index (χ3v) is 6.32. The zero-order valence-corrected chi connectivity index (χ0v) is 12.3. The Bertz CT molecular complexity index is 514. The van der Waals surface area contributed by atoms with Crippen LogP contribution < -0.4 is 0 Å². The van der Waals surface area contributed by atoms with Gasteiger partial charge in [0.2, 0.25) is 5.78 Å². The Kier molecular flexibility index (Phi) is 4.04. The van der Waals surface area contributed by atoms with Crippen LogP contribution in [0.2, 0.25) is 0 Å². The van der Waals surface area contributed by atoms with Crippen molar-refractivity contribution in [2.75, 3.05) is 0 Å². The van der Waals surface area contributed by atoms with Crippen molar-refractivity contribution >= 4 is 17.5 Å². The predicted octanol–water partition coefficient (Wildman–Crippen LogP) is 4.58. The van der Waals surface area contributed by atoms with Crippen LogP contribution >= 0.6 is 11.8 Å². The third kappa shape index (κ3) is 2.85.